The van der Waals surface area contributed by atoms with Crippen LogP contribution in [0.15, 0.2) is 24.3 Å². The molecule has 1 aliphatic heterocycles. The Morgan fingerprint density at radius 1 is 1.45 bits per heavy atom. The van der Waals surface area contributed by atoms with Crippen LogP contribution in [0.2, 0.25) is 0 Å². The lowest BCUT2D eigenvalue weighted by Crippen LogP contribution is -2.40. The van der Waals surface area contributed by atoms with E-state index in [1.807, 2.05) is 23.1 Å². The molecule has 0 aliphatic carbocycles. The SMILES string of the molecule is COCC(=O)N1CCCC[C@@H]1c1nc2ccccc2s1. The smallest absolute Gasteiger partial charge is 0.249 e. The number of para-hydroxylation sites is 1. The first-order chi connectivity index (χ1) is 9.79. The molecule has 1 atom stereocenters. The Labute approximate surface area is 122 Å². The predicted octanol–water partition coefficient (Wildman–Crippen LogP) is 3.00. The van der Waals surface area contributed by atoms with Gasteiger partial charge in [-0.3, -0.25) is 4.79 Å². The van der Waals surface area contributed by atoms with Gasteiger partial charge in [0.25, 0.3) is 0 Å². The number of likely N-dealkylation sites (tertiary alicyclic amines) is 1. The lowest BCUT2D eigenvalue weighted by Gasteiger charge is -2.34. The summed E-state index contributed by atoms with van der Waals surface area (Å²) in [6, 6.07) is 8.25. The molecule has 2 aromatic rings. The van der Waals surface area contributed by atoms with Gasteiger partial charge in [-0.05, 0) is 31.4 Å². The van der Waals surface area contributed by atoms with Gasteiger partial charge in [0, 0.05) is 13.7 Å². The average Bonchev–Trinajstić information content (AvgIpc) is 2.91. The summed E-state index contributed by atoms with van der Waals surface area (Å²) in [7, 11) is 1.56. The van der Waals surface area contributed by atoms with Crippen molar-refractivity contribution in [2.24, 2.45) is 0 Å². The third-order valence-corrected chi connectivity index (χ3v) is 4.82. The molecule has 1 fully saturated rings. The van der Waals surface area contributed by atoms with Gasteiger partial charge in [0.1, 0.15) is 11.6 Å². The molecule has 106 valence electrons. The second-order valence-corrected chi connectivity index (χ2v) is 6.11. The summed E-state index contributed by atoms with van der Waals surface area (Å²) >= 11 is 1.70. The standard InChI is InChI=1S/C15H18N2O2S/c1-19-10-14(18)17-9-5-4-7-12(17)15-16-11-6-2-3-8-13(11)20-15/h2-3,6,8,12H,4-5,7,9-10H2,1H3/t12-/m1/s1. The average molecular weight is 290 g/mol. The van der Waals surface area contributed by atoms with E-state index in [1.54, 1.807) is 18.4 Å². The van der Waals surface area contributed by atoms with Gasteiger partial charge in [-0.15, -0.1) is 11.3 Å². The van der Waals surface area contributed by atoms with Crippen LogP contribution in [0.25, 0.3) is 10.2 Å². The van der Waals surface area contributed by atoms with E-state index in [0.29, 0.717) is 0 Å². The van der Waals surface area contributed by atoms with Crippen molar-refractivity contribution in [3.8, 4) is 0 Å². The third kappa shape index (κ3) is 2.55. The van der Waals surface area contributed by atoms with Gasteiger partial charge in [-0.25, -0.2) is 4.98 Å². The summed E-state index contributed by atoms with van der Waals surface area (Å²) in [6.07, 6.45) is 3.21. The molecule has 1 saturated heterocycles. The Kier molecular flexibility index (Phi) is 3.98. The van der Waals surface area contributed by atoms with Gasteiger partial charge in [0.05, 0.1) is 16.3 Å². The molecule has 0 radical (unpaired) electrons. The highest BCUT2D eigenvalue weighted by Gasteiger charge is 2.29. The number of thiazole rings is 1. The number of aromatic nitrogens is 1. The van der Waals surface area contributed by atoms with Gasteiger partial charge in [0.15, 0.2) is 0 Å². The van der Waals surface area contributed by atoms with Gasteiger partial charge < -0.3 is 9.64 Å². The molecule has 0 bridgehead atoms. The zero-order valence-electron chi connectivity index (χ0n) is 11.5. The summed E-state index contributed by atoms with van der Waals surface area (Å²) in [5.41, 5.74) is 1.03. The number of ether oxygens (including phenoxy) is 1. The quantitative estimate of drug-likeness (QED) is 0.872. The molecule has 0 spiro atoms. The Hall–Kier alpha value is -1.46. The first-order valence-corrected chi connectivity index (χ1v) is 7.75. The third-order valence-electron chi connectivity index (χ3n) is 3.69. The number of amides is 1. The van der Waals surface area contributed by atoms with E-state index >= 15 is 0 Å². The topological polar surface area (TPSA) is 42.4 Å². The minimum atomic E-state index is 0.0662. The van der Waals surface area contributed by atoms with Gasteiger partial charge >= 0.3 is 0 Å². The van der Waals surface area contributed by atoms with E-state index in [1.165, 1.54) is 4.70 Å². The van der Waals surface area contributed by atoms with Crippen LogP contribution in [0, 0.1) is 0 Å². The number of hydrogen-bond donors (Lipinski definition) is 0. The van der Waals surface area contributed by atoms with Gasteiger partial charge in [0.2, 0.25) is 5.91 Å². The van der Waals surface area contributed by atoms with E-state index in [-0.39, 0.29) is 18.6 Å². The zero-order chi connectivity index (χ0) is 13.9. The summed E-state index contributed by atoms with van der Waals surface area (Å²) in [4.78, 5) is 18.8. The largest absolute Gasteiger partial charge is 0.375 e. The fourth-order valence-electron chi connectivity index (χ4n) is 2.73. The fourth-order valence-corrected chi connectivity index (χ4v) is 3.84. The molecular weight excluding hydrogens is 272 g/mol. The number of fused-ring (bicyclic) bond motifs is 1. The molecule has 0 unspecified atom stereocenters. The monoisotopic (exact) mass is 290 g/mol. The van der Waals surface area contributed by atoms with E-state index in [4.69, 9.17) is 9.72 Å². The van der Waals surface area contributed by atoms with E-state index in [0.717, 1.165) is 36.3 Å². The number of hydrogen-bond acceptors (Lipinski definition) is 4. The second-order valence-electron chi connectivity index (χ2n) is 5.05. The molecule has 1 aromatic heterocycles. The number of carbonyl (C=O) groups is 1. The maximum absolute atomic E-state index is 12.2. The maximum atomic E-state index is 12.2. The van der Waals surface area contributed by atoms with Crippen molar-refractivity contribution in [2.75, 3.05) is 20.3 Å². The van der Waals surface area contributed by atoms with E-state index in [2.05, 4.69) is 6.07 Å². The van der Waals surface area contributed by atoms with Crippen molar-refractivity contribution in [3.63, 3.8) is 0 Å². The van der Waals surface area contributed by atoms with Crippen molar-refractivity contribution in [3.05, 3.63) is 29.3 Å². The summed E-state index contributed by atoms with van der Waals surface area (Å²) < 4.78 is 6.18. The molecule has 20 heavy (non-hydrogen) atoms. The highest BCUT2D eigenvalue weighted by atomic mass is 32.1. The molecule has 0 N–H and O–H groups in total. The predicted molar refractivity (Wildman–Crippen MR) is 79.8 cm³/mol. The van der Waals surface area contributed by atoms with Crippen LogP contribution < -0.4 is 0 Å². The Bertz CT molecular complexity index is 578. The molecule has 1 aliphatic rings. The van der Waals surface area contributed by atoms with Crippen molar-refractivity contribution in [1.29, 1.82) is 0 Å². The van der Waals surface area contributed by atoms with Crippen LogP contribution >= 0.6 is 11.3 Å². The number of nitrogens with zero attached hydrogens (tertiary/aromatic N) is 2. The van der Waals surface area contributed by atoms with E-state index in [9.17, 15) is 4.79 Å². The van der Waals surface area contributed by atoms with Crippen LogP contribution in [-0.4, -0.2) is 36.1 Å². The minimum Gasteiger partial charge on any atom is -0.375 e. The fraction of sp³-hybridized carbons (Fsp3) is 0.467. The zero-order valence-corrected chi connectivity index (χ0v) is 12.4. The summed E-state index contributed by atoms with van der Waals surface area (Å²) in [5, 5.41) is 1.05. The Balaban J connectivity index is 1.90. The van der Waals surface area contributed by atoms with Gasteiger partial charge in [-0.1, -0.05) is 12.1 Å². The highest BCUT2D eigenvalue weighted by Crippen LogP contribution is 2.35. The van der Waals surface area contributed by atoms with Crippen molar-refractivity contribution in [1.82, 2.24) is 9.88 Å². The maximum Gasteiger partial charge on any atom is 0.249 e. The molecule has 4 nitrogen and oxygen atoms in total. The number of rotatable bonds is 3. The van der Waals surface area contributed by atoms with Crippen LogP contribution in [-0.2, 0) is 9.53 Å². The van der Waals surface area contributed by atoms with Gasteiger partial charge in [-0.2, -0.15) is 0 Å². The number of methoxy groups -OCH3 is 1. The normalized spacial score (nSPS) is 19.4. The molecular formula is C15H18N2O2S. The second kappa shape index (κ2) is 5.89. The molecule has 1 amide bonds. The van der Waals surface area contributed by atoms with Crippen molar-refractivity contribution >= 4 is 27.5 Å². The Morgan fingerprint density at radius 3 is 3.10 bits per heavy atom. The van der Waals surface area contributed by atoms with Crippen LogP contribution in [0.5, 0.6) is 0 Å². The van der Waals surface area contributed by atoms with Crippen molar-refractivity contribution in [2.45, 2.75) is 25.3 Å². The molecule has 1 aromatic carbocycles. The van der Waals surface area contributed by atoms with Crippen LogP contribution in [0.4, 0.5) is 0 Å². The number of carbonyl (C=O) groups excluding carboxylic acids is 1. The molecule has 3 rings (SSSR count). The summed E-state index contributed by atoms with van der Waals surface area (Å²) in [5.74, 6) is 0.0662. The van der Waals surface area contributed by atoms with Crippen molar-refractivity contribution < 1.29 is 9.53 Å². The highest BCUT2D eigenvalue weighted by molar-refractivity contribution is 7.18. The first kappa shape index (κ1) is 13.5. The molecule has 5 heteroatoms. The number of piperidine rings is 1. The van der Waals surface area contributed by atoms with Crippen LogP contribution in [0.3, 0.4) is 0 Å². The lowest BCUT2D eigenvalue weighted by molar-refractivity contribution is -0.139. The first-order valence-electron chi connectivity index (χ1n) is 6.93. The van der Waals surface area contributed by atoms with Crippen LogP contribution in [0.1, 0.15) is 30.3 Å². The molecule has 2 heterocycles. The lowest BCUT2D eigenvalue weighted by atomic mass is 10.0. The minimum absolute atomic E-state index is 0.0662. The Morgan fingerprint density at radius 2 is 2.30 bits per heavy atom. The summed E-state index contributed by atoms with van der Waals surface area (Å²) in [6.45, 7) is 0.962. The molecule has 0 saturated carbocycles. The number of benzene rings is 1. The van der Waals surface area contributed by atoms with E-state index < -0.39 is 0 Å².